The van der Waals surface area contributed by atoms with Crippen LogP contribution in [0.4, 0.5) is 0 Å². The van der Waals surface area contributed by atoms with Crippen molar-refractivity contribution in [1.29, 1.82) is 0 Å². The van der Waals surface area contributed by atoms with Crippen LogP contribution in [0.15, 0.2) is 6.07 Å². The molecule has 1 unspecified atom stereocenters. The van der Waals surface area contributed by atoms with E-state index in [2.05, 4.69) is 0 Å². The lowest BCUT2D eigenvalue weighted by Gasteiger charge is -2.20. The van der Waals surface area contributed by atoms with Gasteiger partial charge >= 0.3 is 0 Å². The van der Waals surface area contributed by atoms with E-state index in [1.165, 1.54) is 0 Å². The molecule has 2 nitrogen and oxygen atoms in total. The second-order valence-electron chi connectivity index (χ2n) is 4.70. The topological polar surface area (TPSA) is 29.5 Å². The van der Waals surface area contributed by atoms with E-state index in [0.29, 0.717) is 0 Å². The Bertz CT molecular complexity index is 379. The number of rotatable bonds is 3. The van der Waals surface area contributed by atoms with Crippen LogP contribution in [-0.2, 0) is 0 Å². The van der Waals surface area contributed by atoms with Gasteiger partial charge in [-0.05, 0) is 69.9 Å². The van der Waals surface area contributed by atoms with E-state index in [4.69, 9.17) is 4.74 Å². The normalized spacial score (nSPS) is 13.0. The molecule has 1 atom stereocenters. The van der Waals surface area contributed by atoms with E-state index in [1.807, 2.05) is 40.7 Å². The molecule has 0 amide bonds. The first-order valence-corrected chi connectivity index (χ1v) is 5.80. The maximum Gasteiger partial charge on any atom is 0.123 e. The summed E-state index contributed by atoms with van der Waals surface area (Å²) in [5.74, 6) is 0.925. The van der Waals surface area contributed by atoms with Gasteiger partial charge in [0.1, 0.15) is 5.75 Å². The van der Waals surface area contributed by atoms with Crippen molar-refractivity contribution in [2.45, 2.75) is 53.8 Å². The van der Waals surface area contributed by atoms with Crippen molar-refractivity contribution in [3.63, 3.8) is 0 Å². The predicted molar refractivity (Wildman–Crippen MR) is 67.1 cm³/mol. The lowest BCUT2D eigenvalue weighted by molar-refractivity contribution is 0.197. The molecule has 0 aliphatic heterocycles. The van der Waals surface area contributed by atoms with Gasteiger partial charge in [0.05, 0.1) is 12.2 Å². The van der Waals surface area contributed by atoms with Crippen molar-refractivity contribution in [2.24, 2.45) is 0 Å². The Hall–Kier alpha value is -1.02. The molecule has 0 bridgehead atoms. The maximum atomic E-state index is 9.74. The average molecular weight is 222 g/mol. The number of benzene rings is 1. The van der Waals surface area contributed by atoms with Crippen LogP contribution < -0.4 is 4.74 Å². The van der Waals surface area contributed by atoms with Gasteiger partial charge in [-0.25, -0.2) is 0 Å². The minimum Gasteiger partial charge on any atom is -0.491 e. The Morgan fingerprint density at radius 1 is 1.06 bits per heavy atom. The number of hydrogen-bond donors (Lipinski definition) is 1. The molecule has 1 aromatic rings. The first-order chi connectivity index (χ1) is 7.34. The molecule has 1 rings (SSSR count). The first-order valence-electron chi connectivity index (χ1n) is 5.80. The minimum absolute atomic E-state index is 0.176. The van der Waals surface area contributed by atoms with Gasteiger partial charge in [-0.2, -0.15) is 0 Å². The van der Waals surface area contributed by atoms with Gasteiger partial charge in [-0.3, -0.25) is 0 Å². The fourth-order valence-corrected chi connectivity index (χ4v) is 2.08. The van der Waals surface area contributed by atoms with Crippen LogP contribution >= 0.6 is 0 Å². The zero-order chi connectivity index (χ0) is 12.5. The van der Waals surface area contributed by atoms with Crippen molar-refractivity contribution in [1.82, 2.24) is 0 Å². The van der Waals surface area contributed by atoms with Gasteiger partial charge < -0.3 is 9.84 Å². The van der Waals surface area contributed by atoms with Gasteiger partial charge in [-0.15, -0.1) is 0 Å². The summed E-state index contributed by atoms with van der Waals surface area (Å²) >= 11 is 0. The molecule has 1 aromatic carbocycles. The van der Waals surface area contributed by atoms with Crippen LogP contribution in [0.1, 0.15) is 49.1 Å². The molecule has 0 spiro atoms. The predicted octanol–water partition coefficient (Wildman–Crippen LogP) is 3.45. The van der Waals surface area contributed by atoms with Crippen LogP contribution in [0, 0.1) is 20.8 Å². The molecule has 0 aromatic heterocycles. The van der Waals surface area contributed by atoms with Crippen LogP contribution in [-0.4, -0.2) is 11.2 Å². The summed E-state index contributed by atoms with van der Waals surface area (Å²) < 4.78 is 5.76. The lowest BCUT2D eigenvalue weighted by Crippen LogP contribution is -2.09. The second-order valence-corrected chi connectivity index (χ2v) is 4.70. The highest BCUT2D eigenvalue weighted by Crippen LogP contribution is 2.31. The quantitative estimate of drug-likeness (QED) is 0.848. The van der Waals surface area contributed by atoms with Crippen LogP contribution in [0.3, 0.4) is 0 Å². The molecule has 0 saturated heterocycles. The van der Waals surface area contributed by atoms with Crippen LogP contribution in [0.25, 0.3) is 0 Å². The number of aliphatic hydroxyl groups is 1. The molecular weight excluding hydrogens is 200 g/mol. The third-order valence-corrected chi connectivity index (χ3v) is 2.89. The highest BCUT2D eigenvalue weighted by molar-refractivity contribution is 5.48. The summed E-state index contributed by atoms with van der Waals surface area (Å²) in [6.07, 6.45) is -0.248. The van der Waals surface area contributed by atoms with Crippen molar-refractivity contribution in [3.05, 3.63) is 28.3 Å². The summed E-state index contributed by atoms with van der Waals surface area (Å²) in [4.78, 5) is 0. The Morgan fingerprint density at radius 3 is 2.06 bits per heavy atom. The summed E-state index contributed by atoms with van der Waals surface area (Å²) in [5.41, 5.74) is 4.36. The molecule has 1 N–H and O–H groups in total. The van der Waals surface area contributed by atoms with E-state index >= 15 is 0 Å². The molecule has 16 heavy (non-hydrogen) atoms. The van der Waals surface area contributed by atoms with Gasteiger partial charge in [0.15, 0.2) is 0 Å². The molecule has 0 fully saturated rings. The van der Waals surface area contributed by atoms with Crippen LogP contribution in [0.2, 0.25) is 0 Å². The highest BCUT2D eigenvalue weighted by Gasteiger charge is 2.14. The maximum absolute atomic E-state index is 9.74. The molecule has 0 aliphatic rings. The van der Waals surface area contributed by atoms with E-state index in [1.54, 1.807) is 6.92 Å². The SMILES string of the molecule is Cc1cc(OC(C)C)c(C)c(C)c1C(C)O. The Kier molecular flexibility index (Phi) is 3.98. The largest absolute Gasteiger partial charge is 0.491 e. The third-order valence-electron chi connectivity index (χ3n) is 2.89. The standard InChI is InChI=1S/C14H22O2/c1-8(2)16-13-7-9(3)14(12(6)15)11(5)10(13)4/h7-8,12,15H,1-6H3. The fraction of sp³-hybridized carbons (Fsp3) is 0.571. The molecule has 0 aliphatic carbocycles. The average Bonchev–Trinajstić information content (AvgIpc) is 2.12. The van der Waals surface area contributed by atoms with E-state index in [9.17, 15) is 5.11 Å². The molecular formula is C14H22O2. The van der Waals surface area contributed by atoms with E-state index in [-0.39, 0.29) is 6.10 Å². The van der Waals surface area contributed by atoms with Crippen molar-refractivity contribution < 1.29 is 9.84 Å². The lowest BCUT2D eigenvalue weighted by atomic mass is 9.94. The Labute approximate surface area is 98.3 Å². The minimum atomic E-state index is -0.424. The molecule has 0 heterocycles. The smallest absolute Gasteiger partial charge is 0.123 e. The van der Waals surface area contributed by atoms with Gasteiger partial charge in [0, 0.05) is 0 Å². The third kappa shape index (κ3) is 2.56. The van der Waals surface area contributed by atoms with E-state index in [0.717, 1.165) is 28.0 Å². The number of aliphatic hydroxyl groups excluding tert-OH is 1. The van der Waals surface area contributed by atoms with Gasteiger partial charge in [0.25, 0.3) is 0 Å². The number of hydrogen-bond acceptors (Lipinski definition) is 2. The summed E-state index contributed by atoms with van der Waals surface area (Å²) in [6.45, 7) is 11.9. The molecule has 90 valence electrons. The zero-order valence-electron chi connectivity index (χ0n) is 11.1. The number of ether oxygens (including phenoxy) is 1. The summed E-state index contributed by atoms with van der Waals surface area (Å²) in [6, 6.07) is 2.02. The van der Waals surface area contributed by atoms with Crippen molar-refractivity contribution in [3.8, 4) is 5.75 Å². The summed E-state index contributed by atoms with van der Waals surface area (Å²) in [7, 11) is 0. The van der Waals surface area contributed by atoms with Crippen molar-refractivity contribution >= 4 is 0 Å². The molecule has 2 heteroatoms. The highest BCUT2D eigenvalue weighted by atomic mass is 16.5. The first kappa shape index (κ1) is 13.0. The zero-order valence-corrected chi connectivity index (χ0v) is 11.1. The molecule has 0 saturated carbocycles. The monoisotopic (exact) mass is 222 g/mol. The Balaban J connectivity index is 3.28. The van der Waals surface area contributed by atoms with E-state index < -0.39 is 6.10 Å². The van der Waals surface area contributed by atoms with Crippen molar-refractivity contribution in [2.75, 3.05) is 0 Å². The van der Waals surface area contributed by atoms with Crippen LogP contribution in [0.5, 0.6) is 5.75 Å². The molecule has 0 radical (unpaired) electrons. The Morgan fingerprint density at radius 2 is 1.62 bits per heavy atom. The summed E-state index contributed by atoms with van der Waals surface area (Å²) in [5, 5.41) is 9.74. The number of aryl methyl sites for hydroxylation is 1. The van der Waals surface area contributed by atoms with Gasteiger partial charge in [0.2, 0.25) is 0 Å². The second kappa shape index (κ2) is 4.88. The fourth-order valence-electron chi connectivity index (χ4n) is 2.08. The van der Waals surface area contributed by atoms with Gasteiger partial charge in [-0.1, -0.05) is 0 Å².